The summed E-state index contributed by atoms with van der Waals surface area (Å²) in [6, 6.07) is 11.2. The third-order valence-corrected chi connectivity index (χ3v) is 5.54. The molecule has 2 heterocycles. The van der Waals surface area contributed by atoms with Crippen LogP contribution in [0.15, 0.2) is 48.0 Å². The number of aliphatic hydroxyl groups excluding tert-OH is 1. The quantitative estimate of drug-likeness (QED) is 0.435. The van der Waals surface area contributed by atoms with Crippen molar-refractivity contribution < 1.29 is 24.2 Å². The smallest absolute Gasteiger partial charge is 0.295 e. The summed E-state index contributed by atoms with van der Waals surface area (Å²) in [4.78, 5) is 29.3. The fourth-order valence-corrected chi connectivity index (χ4v) is 3.99. The van der Waals surface area contributed by atoms with Crippen molar-refractivity contribution in [3.8, 4) is 11.5 Å². The van der Waals surface area contributed by atoms with Gasteiger partial charge < -0.3 is 24.4 Å². The van der Waals surface area contributed by atoms with Crippen molar-refractivity contribution in [2.24, 2.45) is 0 Å². The number of carbonyl (C=O) groups is 2. The zero-order valence-electron chi connectivity index (χ0n) is 17.3. The highest BCUT2D eigenvalue weighted by molar-refractivity contribution is 6.46. The van der Waals surface area contributed by atoms with Gasteiger partial charge in [-0.15, -0.1) is 0 Å². The number of halogens is 1. The Labute approximate surface area is 185 Å². The van der Waals surface area contributed by atoms with Crippen molar-refractivity contribution in [2.45, 2.75) is 6.04 Å². The fraction of sp³-hybridized carbons (Fsp3) is 0.304. The third-order valence-electron chi connectivity index (χ3n) is 5.31. The van der Waals surface area contributed by atoms with Crippen LogP contribution in [0.2, 0.25) is 5.02 Å². The Morgan fingerprint density at radius 1 is 1.13 bits per heavy atom. The van der Waals surface area contributed by atoms with E-state index in [1.54, 1.807) is 42.5 Å². The molecule has 4 rings (SSSR count). The molecule has 0 saturated carbocycles. The highest BCUT2D eigenvalue weighted by atomic mass is 35.5. The van der Waals surface area contributed by atoms with Gasteiger partial charge in [-0.25, -0.2) is 0 Å². The molecule has 0 unspecified atom stereocenters. The first-order valence-electron chi connectivity index (χ1n) is 9.95. The molecule has 7 nitrogen and oxygen atoms in total. The van der Waals surface area contributed by atoms with E-state index >= 15 is 0 Å². The molecule has 1 fully saturated rings. The van der Waals surface area contributed by atoms with E-state index in [1.807, 2.05) is 19.0 Å². The number of carbonyl (C=O) groups excluding carboxylic acids is 2. The average molecular weight is 443 g/mol. The summed E-state index contributed by atoms with van der Waals surface area (Å²) in [6.07, 6.45) is 0. The second-order valence-corrected chi connectivity index (χ2v) is 8.15. The second-order valence-electron chi connectivity index (χ2n) is 7.71. The monoisotopic (exact) mass is 442 g/mol. The molecule has 2 aromatic carbocycles. The second kappa shape index (κ2) is 8.61. The molecule has 1 amide bonds. The normalized spacial score (nSPS) is 19.9. The minimum absolute atomic E-state index is 0.0303. The van der Waals surface area contributed by atoms with E-state index in [0.717, 1.165) is 0 Å². The average Bonchev–Trinajstić information content (AvgIpc) is 3.01. The van der Waals surface area contributed by atoms with E-state index in [4.69, 9.17) is 21.1 Å². The molecule has 1 saturated heterocycles. The highest BCUT2D eigenvalue weighted by Gasteiger charge is 2.46. The first kappa shape index (κ1) is 21.2. The topological polar surface area (TPSA) is 79.3 Å². The summed E-state index contributed by atoms with van der Waals surface area (Å²) in [7, 11) is 3.78. The van der Waals surface area contributed by atoms with Gasteiger partial charge in [0.2, 0.25) is 0 Å². The first-order chi connectivity index (χ1) is 14.9. The summed E-state index contributed by atoms with van der Waals surface area (Å²) >= 11 is 6.19. The van der Waals surface area contributed by atoms with Crippen LogP contribution in [-0.2, 0) is 9.59 Å². The number of aliphatic hydroxyl groups is 1. The van der Waals surface area contributed by atoms with E-state index in [0.29, 0.717) is 54.0 Å². The van der Waals surface area contributed by atoms with E-state index < -0.39 is 17.7 Å². The summed E-state index contributed by atoms with van der Waals surface area (Å²) < 4.78 is 11.1. The number of rotatable bonds is 5. The molecule has 0 radical (unpaired) electrons. The maximum absolute atomic E-state index is 13.0. The number of ether oxygens (including phenoxy) is 2. The molecule has 0 aromatic heterocycles. The molecular weight excluding hydrogens is 420 g/mol. The van der Waals surface area contributed by atoms with Gasteiger partial charge in [0.15, 0.2) is 11.5 Å². The lowest BCUT2D eigenvalue weighted by Gasteiger charge is -2.26. The Morgan fingerprint density at radius 2 is 1.87 bits per heavy atom. The van der Waals surface area contributed by atoms with Crippen molar-refractivity contribution in [1.82, 2.24) is 9.80 Å². The molecule has 2 aliphatic heterocycles. The Kier molecular flexibility index (Phi) is 5.89. The molecule has 1 atom stereocenters. The predicted molar refractivity (Wildman–Crippen MR) is 116 cm³/mol. The number of Topliss-reactive ketones (excluding diaryl/α,β-unsaturated/α-hetero) is 1. The van der Waals surface area contributed by atoms with E-state index in [-0.39, 0.29) is 11.3 Å². The van der Waals surface area contributed by atoms with Gasteiger partial charge in [-0.2, -0.15) is 0 Å². The van der Waals surface area contributed by atoms with Gasteiger partial charge in [0, 0.05) is 23.7 Å². The summed E-state index contributed by atoms with van der Waals surface area (Å²) in [5, 5.41) is 11.6. The van der Waals surface area contributed by atoms with Crippen LogP contribution in [0.4, 0.5) is 0 Å². The lowest BCUT2D eigenvalue weighted by atomic mass is 9.95. The van der Waals surface area contributed by atoms with Gasteiger partial charge in [-0.1, -0.05) is 23.7 Å². The largest absolute Gasteiger partial charge is 0.507 e. The van der Waals surface area contributed by atoms with Crippen LogP contribution in [0.3, 0.4) is 0 Å². The van der Waals surface area contributed by atoms with Gasteiger partial charge in [0.25, 0.3) is 11.7 Å². The van der Waals surface area contributed by atoms with Crippen molar-refractivity contribution in [1.29, 1.82) is 0 Å². The third kappa shape index (κ3) is 4.11. The minimum Gasteiger partial charge on any atom is -0.507 e. The van der Waals surface area contributed by atoms with Gasteiger partial charge in [-0.05, 0) is 50.0 Å². The fourth-order valence-electron chi connectivity index (χ4n) is 3.79. The van der Waals surface area contributed by atoms with Crippen LogP contribution in [0.1, 0.15) is 17.2 Å². The van der Waals surface area contributed by atoms with Gasteiger partial charge in [0.05, 0.1) is 11.6 Å². The summed E-state index contributed by atoms with van der Waals surface area (Å²) in [5.74, 6) is -0.577. The SMILES string of the molecule is CN(C)CCN1C(=O)C(=O)C(=C(O)c2ccc3c(c2)OCCO3)[C@H]1c1cccc(Cl)c1. The molecule has 8 heteroatoms. The number of nitrogens with zero attached hydrogens (tertiary/aromatic N) is 2. The Morgan fingerprint density at radius 3 is 2.58 bits per heavy atom. The standard InChI is InChI=1S/C23H23ClN2O5/c1-25(2)8-9-26-20(14-4-3-5-16(24)12-14)19(22(28)23(26)29)21(27)15-6-7-17-18(13-15)31-11-10-30-17/h3-7,12-13,20,27H,8-11H2,1-2H3/t20-/m1/s1. The predicted octanol–water partition coefficient (Wildman–Crippen LogP) is 3.09. The van der Waals surface area contributed by atoms with E-state index in [9.17, 15) is 14.7 Å². The van der Waals surface area contributed by atoms with Crippen molar-refractivity contribution in [3.05, 3.63) is 64.2 Å². The van der Waals surface area contributed by atoms with E-state index in [1.165, 1.54) is 4.90 Å². The number of likely N-dealkylation sites (tertiary alicyclic amines) is 1. The summed E-state index contributed by atoms with van der Waals surface area (Å²) in [5.41, 5.74) is 1.06. The molecule has 0 aliphatic carbocycles. The molecule has 2 aliphatic rings. The molecule has 1 N–H and O–H groups in total. The number of benzene rings is 2. The summed E-state index contributed by atoms with van der Waals surface area (Å²) in [6.45, 7) is 1.74. The maximum atomic E-state index is 13.0. The molecule has 2 aromatic rings. The first-order valence-corrected chi connectivity index (χ1v) is 10.3. The van der Waals surface area contributed by atoms with Crippen LogP contribution < -0.4 is 9.47 Å². The highest BCUT2D eigenvalue weighted by Crippen LogP contribution is 2.41. The van der Waals surface area contributed by atoms with Gasteiger partial charge >= 0.3 is 0 Å². The van der Waals surface area contributed by atoms with Crippen molar-refractivity contribution in [2.75, 3.05) is 40.4 Å². The number of ketones is 1. The maximum Gasteiger partial charge on any atom is 0.295 e. The van der Waals surface area contributed by atoms with Crippen LogP contribution >= 0.6 is 11.6 Å². The van der Waals surface area contributed by atoms with Crippen molar-refractivity contribution in [3.63, 3.8) is 0 Å². The zero-order chi connectivity index (χ0) is 22.1. The van der Waals surface area contributed by atoms with Crippen LogP contribution in [0.5, 0.6) is 11.5 Å². The number of hydrogen-bond acceptors (Lipinski definition) is 6. The van der Waals surface area contributed by atoms with Crippen molar-refractivity contribution >= 4 is 29.1 Å². The molecular formula is C23H23ClN2O5. The minimum atomic E-state index is -0.744. The molecule has 0 spiro atoms. The number of likely N-dealkylation sites (N-methyl/N-ethyl adjacent to an activating group) is 1. The zero-order valence-corrected chi connectivity index (χ0v) is 18.1. The number of fused-ring (bicyclic) bond motifs is 1. The lowest BCUT2D eigenvalue weighted by molar-refractivity contribution is -0.140. The van der Waals surface area contributed by atoms with Crippen LogP contribution in [0.25, 0.3) is 5.76 Å². The Hall–Kier alpha value is -3.03. The Bertz CT molecular complexity index is 1070. The molecule has 162 valence electrons. The van der Waals surface area contributed by atoms with E-state index in [2.05, 4.69) is 0 Å². The number of amides is 1. The lowest BCUT2D eigenvalue weighted by Crippen LogP contribution is -2.35. The molecule has 0 bridgehead atoms. The molecule has 31 heavy (non-hydrogen) atoms. The van der Waals surface area contributed by atoms with Gasteiger partial charge in [0.1, 0.15) is 19.0 Å². The van der Waals surface area contributed by atoms with Crippen LogP contribution in [-0.4, -0.2) is 67.0 Å². The van der Waals surface area contributed by atoms with Gasteiger partial charge in [-0.3, -0.25) is 9.59 Å². The van der Waals surface area contributed by atoms with Crippen LogP contribution in [0, 0.1) is 0 Å². The number of hydrogen-bond donors (Lipinski definition) is 1. The Balaban J connectivity index is 1.83.